The number of nitrogens with zero attached hydrogens (tertiary/aromatic N) is 2. The smallest absolute Gasteiger partial charge is 0.311 e. The van der Waals surface area contributed by atoms with Gasteiger partial charge in [0, 0.05) is 11.7 Å². The van der Waals surface area contributed by atoms with Gasteiger partial charge in [-0.3, -0.25) is 15.1 Å². The van der Waals surface area contributed by atoms with E-state index in [2.05, 4.69) is 40.1 Å². The van der Waals surface area contributed by atoms with Gasteiger partial charge in [-0.05, 0) is 35.7 Å². The van der Waals surface area contributed by atoms with Gasteiger partial charge in [0.25, 0.3) is 0 Å². The molecule has 94 valence electrons. The molecule has 5 nitrogen and oxygen atoms in total. The summed E-state index contributed by atoms with van der Waals surface area (Å²) in [6, 6.07) is 0. The second-order valence-electron chi connectivity index (χ2n) is 4.17. The molecule has 0 atom stereocenters. The molecule has 0 saturated carbocycles. The number of pyridine rings is 1. The van der Waals surface area contributed by atoms with Crippen LogP contribution in [0.15, 0.2) is 16.9 Å². The first-order valence-corrected chi connectivity index (χ1v) is 6.29. The summed E-state index contributed by atoms with van der Waals surface area (Å²) in [6.45, 7) is 6.15. The molecule has 0 spiro atoms. The highest BCUT2D eigenvalue weighted by atomic mass is 79.9. The minimum absolute atomic E-state index is 0.00694. The van der Waals surface area contributed by atoms with Gasteiger partial charge >= 0.3 is 5.69 Å². The molecule has 1 aromatic rings. The molecule has 0 aliphatic rings. The third-order valence-electron chi connectivity index (χ3n) is 3.06. The predicted octanol–water partition coefficient (Wildman–Crippen LogP) is 3.74. The topological polar surface area (TPSA) is 68.1 Å². The molecule has 17 heavy (non-hydrogen) atoms. The molecule has 0 aliphatic heterocycles. The fourth-order valence-corrected chi connectivity index (χ4v) is 1.84. The maximum Gasteiger partial charge on any atom is 0.311 e. The Hall–Kier alpha value is -1.17. The number of hydrogen-bond donors (Lipinski definition) is 1. The van der Waals surface area contributed by atoms with Crippen LogP contribution in [-0.2, 0) is 0 Å². The Morgan fingerprint density at radius 2 is 2.06 bits per heavy atom. The molecule has 6 heteroatoms. The molecule has 0 bridgehead atoms. The van der Waals surface area contributed by atoms with Crippen LogP contribution in [0.2, 0.25) is 0 Å². The summed E-state index contributed by atoms with van der Waals surface area (Å²) in [6.07, 6.45) is 4.59. The number of halogens is 1. The van der Waals surface area contributed by atoms with E-state index in [9.17, 15) is 10.1 Å². The van der Waals surface area contributed by atoms with E-state index < -0.39 is 4.92 Å². The average Bonchev–Trinajstić information content (AvgIpc) is 2.31. The Morgan fingerprint density at radius 3 is 2.53 bits per heavy atom. The van der Waals surface area contributed by atoms with Gasteiger partial charge in [0.05, 0.1) is 9.40 Å². The minimum atomic E-state index is -0.425. The number of nitrogens with one attached hydrogen (secondary N) is 1. The first-order chi connectivity index (χ1) is 7.93. The molecule has 1 rings (SSSR count). The lowest BCUT2D eigenvalue weighted by molar-refractivity contribution is -0.384. The number of hydrogen-bond acceptors (Lipinski definition) is 4. The Labute approximate surface area is 109 Å². The van der Waals surface area contributed by atoms with E-state index in [4.69, 9.17) is 0 Å². The van der Waals surface area contributed by atoms with E-state index in [1.807, 2.05) is 6.92 Å². The van der Waals surface area contributed by atoms with E-state index in [-0.39, 0.29) is 11.2 Å². The first-order valence-electron chi connectivity index (χ1n) is 5.49. The first kappa shape index (κ1) is 13.9. The molecule has 0 aromatic carbocycles. The molecule has 0 saturated heterocycles. The third kappa shape index (κ3) is 3.15. The third-order valence-corrected chi connectivity index (χ3v) is 3.67. The van der Waals surface area contributed by atoms with Crippen molar-refractivity contribution in [3.8, 4) is 0 Å². The van der Waals surface area contributed by atoms with Gasteiger partial charge in [-0.2, -0.15) is 0 Å². The van der Waals surface area contributed by atoms with Crippen molar-refractivity contribution in [2.45, 2.75) is 39.2 Å². The largest absolute Gasteiger partial charge is 0.373 e. The van der Waals surface area contributed by atoms with Crippen LogP contribution in [0, 0.1) is 10.1 Å². The van der Waals surface area contributed by atoms with Crippen LogP contribution in [0.5, 0.6) is 0 Å². The molecular weight excluding hydrogens is 286 g/mol. The number of aromatic nitrogens is 1. The zero-order valence-electron chi connectivity index (χ0n) is 10.2. The van der Waals surface area contributed by atoms with Crippen molar-refractivity contribution in [2.24, 2.45) is 0 Å². The highest BCUT2D eigenvalue weighted by molar-refractivity contribution is 9.10. The van der Waals surface area contributed by atoms with Crippen molar-refractivity contribution in [3.63, 3.8) is 0 Å². The quantitative estimate of drug-likeness (QED) is 0.664. The summed E-state index contributed by atoms with van der Waals surface area (Å²) in [5.41, 5.74) is 0.331. The molecule has 0 radical (unpaired) electrons. The lowest BCUT2D eigenvalue weighted by atomic mass is 9.95. The van der Waals surface area contributed by atoms with Gasteiger partial charge in [-0.15, -0.1) is 0 Å². The van der Waals surface area contributed by atoms with E-state index in [0.29, 0.717) is 10.2 Å². The molecule has 1 N–H and O–H groups in total. The van der Waals surface area contributed by atoms with E-state index in [1.54, 1.807) is 6.20 Å². The Balaban J connectivity index is 3.17. The van der Waals surface area contributed by atoms with Crippen molar-refractivity contribution in [1.29, 1.82) is 0 Å². The zero-order chi connectivity index (χ0) is 13.1. The number of anilines is 1. The maximum atomic E-state index is 10.9. The van der Waals surface area contributed by atoms with Crippen LogP contribution in [0.4, 0.5) is 11.4 Å². The molecule has 0 fully saturated rings. The summed E-state index contributed by atoms with van der Waals surface area (Å²) < 4.78 is 0.611. The van der Waals surface area contributed by atoms with Crippen molar-refractivity contribution >= 4 is 27.3 Å². The molecule has 1 heterocycles. The fraction of sp³-hybridized carbons (Fsp3) is 0.545. The molecule has 0 unspecified atom stereocenters. The second kappa shape index (κ2) is 5.44. The highest BCUT2D eigenvalue weighted by Crippen LogP contribution is 2.34. The second-order valence-corrected chi connectivity index (χ2v) is 5.02. The van der Waals surface area contributed by atoms with Gasteiger partial charge in [-0.25, -0.2) is 0 Å². The van der Waals surface area contributed by atoms with Crippen molar-refractivity contribution in [1.82, 2.24) is 4.98 Å². The van der Waals surface area contributed by atoms with Crippen LogP contribution in [0.3, 0.4) is 0 Å². The van der Waals surface area contributed by atoms with Crippen LogP contribution in [-0.4, -0.2) is 15.4 Å². The summed E-state index contributed by atoms with van der Waals surface area (Å²) in [5.74, 6) is 0. The van der Waals surface area contributed by atoms with Gasteiger partial charge in [0.1, 0.15) is 11.9 Å². The summed E-state index contributed by atoms with van der Waals surface area (Å²) >= 11 is 3.30. The maximum absolute atomic E-state index is 10.9. The normalized spacial score (nSPS) is 11.3. The van der Waals surface area contributed by atoms with Crippen molar-refractivity contribution < 1.29 is 4.92 Å². The fourth-order valence-electron chi connectivity index (χ4n) is 1.42. The van der Waals surface area contributed by atoms with Gasteiger partial charge in [0.2, 0.25) is 0 Å². The lowest BCUT2D eigenvalue weighted by Crippen LogP contribution is -2.33. The van der Waals surface area contributed by atoms with Crippen LogP contribution in [0.1, 0.15) is 33.6 Å². The molecule has 0 aliphatic carbocycles. The molecule has 0 amide bonds. The Bertz CT molecular complexity index is 419. The predicted molar refractivity (Wildman–Crippen MR) is 71.2 cm³/mol. The monoisotopic (exact) mass is 301 g/mol. The summed E-state index contributed by atoms with van der Waals surface area (Å²) in [5, 5.41) is 14.2. The summed E-state index contributed by atoms with van der Waals surface area (Å²) in [7, 11) is 0. The summed E-state index contributed by atoms with van der Waals surface area (Å²) in [4.78, 5) is 14.3. The zero-order valence-corrected chi connectivity index (χ0v) is 11.7. The van der Waals surface area contributed by atoms with Crippen LogP contribution >= 0.6 is 15.9 Å². The molecule has 1 aromatic heterocycles. The average molecular weight is 302 g/mol. The highest BCUT2D eigenvalue weighted by Gasteiger charge is 2.25. The number of rotatable bonds is 5. The molecular formula is C11H16BrN3O2. The standard InChI is InChI=1S/C11H16BrN3O2/c1-4-11(3,5-2)14-10-8(12)6-13-7-9(10)15(16)17/h6-7H,4-5H2,1-3H3,(H,13,14). The Morgan fingerprint density at radius 1 is 1.47 bits per heavy atom. The van der Waals surface area contributed by atoms with E-state index in [0.717, 1.165) is 12.8 Å². The lowest BCUT2D eigenvalue weighted by Gasteiger charge is -2.29. The number of nitro groups is 1. The van der Waals surface area contributed by atoms with Crippen LogP contribution < -0.4 is 5.32 Å². The SMILES string of the molecule is CCC(C)(CC)Nc1c(Br)cncc1[N+](=O)[O-]. The minimum Gasteiger partial charge on any atom is -0.373 e. The van der Waals surface area contributed by atoms with Gasteiger partial charge < -0.3 is 5.32 Å². The Kier molecular flexibility index (Phi) is 4.45. The van der Waals surface area contributed by atoms with Crippen molar-refractivity contribution in [2.75, 3.05) is 5.32 Å². The van der Waals surface area contributed by atoms with E-state index >= 15 is 0 Å². The van der Waals surface area contributed by atoms with Crippen molar-refractivity contribution in [3.05, 3.63) is 27.0 Å². The van der Waals surface area contributed by atoms with Gasteiger partial charge in [0.15, 0.2) is 0 Å². The van der Waals surface area contributed by atoms with Crippen LogP contribution in [0.25, 0.3) is 0 Å². The van der Waals surface area contributed by atoms with E-state index in [1.165, 1.54) is 6.20 Å². The van der Waals surface area contributed by atoms with Gasteiger partial charge in [-0.1, -0.05) is 13.8 Å².